The molecule has 3 rings (SSSR count). The molecule has 1 aliphatic carbocycles. The number of benzene rings is 2. The summed E-state index contributed by atoms with van der Waals surface area (Å²) < 4.78 is 0. The van der Waals surface area contributed by atoms with Crippen LogP contribution in [0, 0.1) is 10.8 Å². The Morgan fingerprint density at radius 2 is 1.27 bits per heavy atom. The van der Waals surface area contributed by atoms with Crippen molar-refractivity contribution in [1.29, 1.82) is 0 Å². The largest absolute Gasteiger partial charge is 0.289 e. The molecule has 0 heterocycles. The Bertz CT molecular complexity index is 1170. The van der Waals surface area contributed by atoms with Gasteiger partial charge in [0.25, 0.3) is 0 Å². The van der Waals surface area contributed by atoms with Crippen molar-refractivity contribution in [3.05, 3.63) is 92.0 Å². The van der Waals surface area contributed by atoms with Gasteiger partial charge >= 0.3 is 0 Å². The zero-order valence-corrected chi connectivity index (χ0v) is 21.9. The lowest BCUT2D eigenvalue weighted by Gasteiger charge is -2.31. The van der Waals surface area contributed by atoms with E-state index in [-0.39, 0.29) is 16.6 Å². The van der Waals surface area contributed by atoms with Crippen molar-refractivity contribution in [3.63, 3.8) is 0 Å². The van der Waals surface area contributed by atoms with Crippen LogP contribution in [0.5, 0.6) is 0 Å². The maximum atomic E-state index is 13.4. The normalized spacial score (nSPS) is 15.1. The summed E-state index contributed by atoms with van der Waals surface area (Å²) in [4.78, 5) is 13.4. The van der Waals surface area contributed by atoms with E-state index in [0.717, 1.165) is 22.3 Å². The third kappa shape index (κ3) is 6.03. The van der Waals surface area contributed by atoms with Crippen molar-refractivity contribution in [2.75, 3.05) is 0 Å². The zero-order valence-electron chi connectivity index (χ0n) is 19.6. The summed E-state index contributed by atoms with van der Waals surface area (Å²) in [5.41, 5.74) is 3.54. The minimum atomic E-state index is -0.338. The molecule has 0 amide bonds. The van der Waals surface area contributed by atoms with Crippen LogP contribution in [-0.2, 0) is 4.79 Å². The molecule has 2 aromatic carbocycles. The molecule has 0 bridgehead atoms. The minimum Gasteiger partial charge on any atom is -0.289 e. The van der Waals surface area contributed by atoms with Gasteiger partial charge < -0.3 is 0 Å². The standard InChI is InChI=1S/C27H27Cl3N2O/c1-26(2,3)20-13-17(14-21(25(20)33)27(4,5)6)24(16-7-9-18(28)10-8-16)32-31-23-12-11-19(29)15-22(23)30/h7-15H,1-6H3. The maximum Gasteiger partial charge on any atom is 0.186 e. The predicted octanol–water partition coefficient (Wildman–Crippen LogP) is 9.67. The minimum absolute atomic E-state index is 0.0619. The first-order valence-corrected chi connectivity index (χ1v) is 11.8. The first kappa shape index (κ1) is 25.4. The van der Waals surface area contributed by atoms with Crippen molar-refractivity contribution in [2.24, 2.45) is 21.1 Å². The van der Waals surface area contributed by atoms with E-state index in [9.17, 15) is 4.79 Å². The van der Waals surface area contributed by atoms with Crippen molar-refractivity contribution in [1.82, 2.24) is 0 Å². The fourth-order valence-corrected chi connectivity index (χ4v) is 4.01. The number of halogens is 3. The van der Waals surface area contributed by atoms with Gasteiger partial charge in [-0.3, -0.25) is 4.79 Å². The quantitative estimate of drug-likeness (QED) is 0.386. The van der Waals surface area contributed by atoms with E-state index in [4.69, 9.17) is 34.8 Å². The number of hydrogen-bond donors (Lipinski definition) is 0. The summed E-state index contributed by atoms with van der Waals surface area (Å²) >= 11 is 18.5. The summed E-state index contributed by atoms with van der Waals surface area (Å²) in [6.07, 6.45) is 3.84. The van der Waals surface area contributed by atoms with Gasteiger partial charge in [-0.2, -0.15) is 0 Å². The van der Waals surface area contributed by atoms with E-state index in [1.807, 2.05) is 65.8 Å². The number of Topliss-reactive ketones (excluding diaryl/α,β-unsaturated/α-hetero) is 1. The highest BCUT2D eigenvalue weighted by Crippen LogP contribution is 2.41. The molecule has 172 valence electrons. The van der Waals surface area contributed by atoms with Crippen LogP contribution in [0.3, 0.4) is 0 Å². The van der Waals surface area contributed by atoms with Gasteiger partial charge in [-0.15, -0.1) is 10.2 Å². The van der Waals surface area contributed by atoms with Crippen LogP contribution in [0.2, 0.25) is 15.1 Å². The first-order valence-electron chi connectivity index (χ1n) is 10.6. The molecule has 3 nitrogen and oxygen atoms in total. The van der Waals surface area contributed by atoms with Crippen molar-refractivity contribution in [3.8, 4) is 0 Å². The Morgan fingerprint density at radius 1 is 0.758 bits per heavy atom. The molecule has 0 N–H and O–H groups in total. The van der Waals surface area contributed by atoms with E-state index in [0.29, 0.717) is 26.5 Å². The Hall–Kier alpha value is -2.20. The number of ketones is 1. The SMILES string of the molecule is CC(C)(C)C1=CC(=C(N=Nc2ccc(Cl)cc2Cl)c2ccc(Cl)cc2)C=C(C(C)(C)C)C1=O. The van der Waals surface area contributed by atoms with Gasteiger partial charge in [0.05, 0.1) is 5.02 Å². The number of azo groups is 1. The van der Waals surface area contributed by atoms with Crippen LogP contribution in [0.25, 0.3) is 5.70 Å². The molecule has 0 saturated heterocycles. The van der Waals surface area contributed by atoms with Crippen LogP contribution in [-0.4, -0.2) is 5.78 Å². The van der Waals surface area contributed by atoms with Crippen LogP contribution in [0.1, 0.15) is 47.1 Å². The first-order chi connectivity index (χ1) is 15.3. The summed E-state index contributed by atoms with van der Waals surface area (Å²) in [6, 6.07) is 12.4. The van der Waals surface area contributed by atoms with Gasteiger partial charge in [-0.1, -0.05) is 88.5 Å². The van der Waals surface area contributed by atoms with Crippen LogP contribution in [0.4, 0.5) is 5.69 Å². The van der Waals surface area contributed by atoms with E-state index >= 15 is 0 Å². The maximum absolute atomic E-state index is 13.4. The summed E-state index contributed by atoms with van der Waals surface area (Å²) in [6.45, 7) is 12.2. The van der Waals surface area contributed by atoms with E-state index in [1.165, 1.54) is 0 Å². The van der Waals surface area contributed by atoms with E-state index in [1.54, 1.807) is 30.3 Å². The molecule has 0 spiro atoms. The summed E-state index contributed by atoms with van der Waals surface area (Å²) in [5, 5.41) is 10.6. The molecule has 0 atom stereocenters. The second kappa shape index (κ2) is 9.58. The Balaban J connectivity index is 2.30. The lowest BCUT2D eigenvalue weighted by Crippen LogP contribution is -2.28. The van der Waals surface area contributed by atoms with Gasteiger partial charge in [0, 0.05) is 32.3 Å². The Labute approximate surface area is 210 Å². The number of hydrogen-bond acceptors (Lipinski definition) is 3. The molecule has 2 aromatic rings. The molecule has 0 radical (unpaired) electrons. The number of carbonyl (C=O) groups is 1. The molecule has 0 fully saturated rings. The van der Waals surface area contributed by atoms with Crippen molar-refractivity contribution >= 4 is 52.0 Å². The number of allylic oxidation sites excluding steroid dienone is 5. The van der Waals surface area contributed by atoms with Gasteiger partial charge in [0.15, 0.2) is 5.78 Å². The Kier molecular flexibility index (Phi) is 7.38. The number of nitrogens with zero attached hydrogens (tertiary/aromatic N) is 2. The molecule has 0 saturated carbocycles. The average molecular weight is 502 g/mol. The predicted molar refractivity (Wildman–Crippen MR) is 139 cm³/mol. The molecule has 33 heavy (non-hydrogen) atoms. The highest BCUT2D eigenvalue weighted by molar-refractivity contribution is 6.36. The molecule has 0 unspecified atom stereocenters. The highest BCUT2D eigenvalue weighted by Gasteiger charge is 2.34. The number of carbonyl (C=O) groups excluding carboxylic acids is 1. The molecule has 6 heteroatoms. The fourth-order valence-electron chi connectivity index (χ4n) is 3.44. The van der Waals surface area contributed by atoms with Crippen LogP contribution in [0.15, 0.2) is 81.6 Å². The molecule has 0 aliphatic heterocycles. The average Bonchev–Trinajstić information content (AvgIpc) is 2.69. The smallest absolute Gasteiger partial charge is 0.186 e. The third-order valence-electron chi connectivity index (χ3n) is 5.26. The van der Waals surface area contributed by atoms with Gasteiger partial charge in [-0.05, 0) is 53.3 Å². The van der Waals surface area contributed by atoms with Crippen LogP contribution < -0.4 is 0 Å². The second-order valence-electron chi connectivity index (χ2n) is 10.1. The van der Waals surface area contributed by atoms with Gasteiger partial charge in [0.1, 0.15) is 11.4 Å². The summed E-state index contributed by atoms with van der Waals surface area (Å²) in [5.74, 6) is 0.0619. The van der Waals surface area contributed by atoms with Crippen molar-refractivity contribution in [2.45, 2.75) is 41.5 Å². The van der Waals surface area contributed by atoms with Crippen molar-refractivity contribution < 1.29 is 4.79 Å². The van der Waals surface area contributed by atoms with Crippen LogP contribution >= 0.6 is 34.8 Å². The molecule has 0 aromatic heterocycles. The number of rotatable bonds is 3. The second-order valence-corrected chi connectivity index (χ2v) is 11.3. The fraction of sp³-hybridized carbons (Fsp3) is 0.296. The molecular formula is C27H27Cl3N2O. The molecule has 1 aliphatic rings. The zero-order chi connectivity index (χ0) is 24.6. The lowest BCUT2D eigenvalue weighted by atomic mass is 9.71. The van der Waals surface area contributed by atoms with E-state index < -0.39 is 0 Å². The monoisotopic (exact) mass is 500 g/mol. The molecular weight excluding hydrogens is 475 g/mol. The lowest BCUT2D eigenvalue weighted by molar-refractivity contribution is -0.114. The third-order valence-corrected chi connectivity index (χ3v) is 6.05. The summed E-state index contributed by atoms with van der Waals surface area (Å²) in [7, 11) is 0. The van der Waals surface area contributed by atoms with E-state index in [2.05, 4.69) is 10.2 Å². The van der Waals surface area contributed by atoms with Gasteiger partial charge in [-0.25, -0.2) is 0 Å². The Morgan fingerprint density at radius 3 is 1.76 bits per heavy atom. The van der Waals surface area contributed by atoms with Gasteiger partial charge in [0.2, 0.25) is 0 Å². The topological polar surface area (TPSA) is 41.8 Å². The highest BCUT2D eigenvalue weighted by atomic mass is 35.5.